The highest BCUT2D eigenvalue weighted by Crippen LogP contribution is 2.32. The first kappa shape index (κ1) is 27.3. The zero-order valence-corrected chi connectivity index (χ0v) is 22.7. The maximum absolute atomic E-state index is 13.6. The van der Waals surface area contributed by atoms with Crippen molar-refractivity contribution in [1.29, 1.82) is 0 Å². The van der Waals surface area contributed by atoms with Crippen LogP contribution in [0.15, 0.2) is 47.1 Å². The molecule has 0 unspecified atom stereocenters. The Hall–Kier alpha value is -4.29. The molecule has 0 aliphatic carbocycles. The second-order valence-corrected chi connectivity index (χ2v) is 9.89. The summed E-state index contributed by atoms with van der Waals surface area (Å²) in [6, 6.07) is 5.70. The summed E-state index contributed by atoms with van der Waals surface area (Å²) in [5.41, 5.74) is 2.08. The summed E-state index contributed by atoms with van der Waals surface area (Å²) in [6.07, 6.45) is 3.72. The van der Waals surface area contributed by atoms with Crippen molar-refractivity contribution in [2.45, 2.75) is 32.4 Å². The molecular formula is C27H27ClFN7O4. The van der Waals surface area contributed by atoms with Crippen molar-refractivity contribution in [2.75, 3.05) is 18.5 Å². The average molecular weight is 568 g/mol. The van der Waals surface area contributed by atoms with Gasteiger partial charge in [0, 0.05) is 32.3 Å². The van der Waals surface area contributed by atoms with Crippen molar-refractivity contribution >= 4 is 35.2 Å². The largest absolute Gasteiger partial charge is 0.459 e. The Balaban J connectivity index is 1.33. The lowest BCUT2D eigenvalue weighted by atomic mass is 10.0. The molecule has 3 aromatic heterocycles. The molecule has 40 heavy (non-hydrogen) atoms. The van der Waals surface area contributed by atoms with E-state index >= 15 is 0 Å². The summed E-state index contributed by atoms with van der Waals surface area (Å²) in [5, 5.41) is 19.7. The molecule has 208 valence electrons. The predicted octanol–water partition coefficient (Wildman–Crippen LogP) is 3.55. The van der Waals surface area contributed by atoms with Gasteiger partial charge in [-0.15, -0.1) is 0 Å². The number of aryl methyl sites for hydroxylation is 2. The van der Waals surface area contributed by atoms with Crippen molar-refractivity contribution < 1.29 is 23.5 Å². The number of furan rings is 1. The van der Waals surface area contributed by atoms with Gasteiger partial charge < -0.3 is 25.1 Å². The van der Waals surface area contributed by atoms with Crippen molar-refractivity contribution in [3.63, 3.8) is 0 Å². The summed E-state index contributed by atoms with van der Waals surface area (Å²) in [7, 11) is 1.79. The number of aromatic nitrogens is 4. The van der Waals surface area contributed by atoms with E-state index in [-0.39, 0.29) is 17.5 Å². The number of amides is 2. The summed E-state index contributed by atoms with van der Waals surface area (Å²) < 4.78 is 21.3. The van der Waals surface area contributed by atoms with E-state index in [9.17, 15) is 19.1 Å². The number of hydrogen-bond acceptors (Lipinski definition) is 8. The van der Waals surface area contributed by atoms with E-state index in [0.29, 0.717) is 46.5 Å². The quantitative estimate of drug-likeness (QED) is 0.294. The third-order valence-electron chi connectivity index (χ3n) is 6.84. The topological polar surface area (TPSA) is 138 Å². The lowest BCUT2D eigenvalue weighted by Crippen LogP contribution is -2.51. The third-order valence-corrected chi connectivity index (χ3v) is 7.13. The molecule has 4 aromatic rings. The highest BCUT2D eigenvalue weighted by atomic mass is 35.5. The van der Waals surface area contributed by atoms with Crippen LogP contribution in [0.2, 0.25) is 5.02 Å². The lowest BCUT2D eigenvalue weighted by Gasteiger charge is -2.32. The van der Waals surface area contributed by atoms with E-state index < -0.39 is 30.4 Å². The first-order valence-electron chi connectivity index (χ1n) is 12.5. The lowest BCUT2D eigenvalue weighted by molar-refractivity contribution is -0.126. The van der Waals surface area contributed by atoms with Gasteiger partial charge in [-0.05, 0) is 43.2 Å². The molecule has 11 nitrogen and oxygen atoms in total. The van der Waals surface area contributed by atoms with Gasteiger partial charge in [0.15, 0.2) is 5.76 Å². The zero-order valence-electron chi connectivity index (χ0n) is 22.0. The molecule has 4 heterocycles. The zero-order chi connectivity index (χ0) is 28.6. The van der Waals surface area contributed by atoms with E-state index in [1.165, 1.54) is 23.1 Å². The van der Waals surface area contributed by atoms with Crippen LogP contribution in [0.1, 0.15) is 40.2 Å². The van der Waals surface area contributed by atoms with E-state index in [1.54, 1.807) is 43.2 Å². The Morgan fingerprint density at radius 2 is 2.10 bits per heavy atom. The Labute approximate surface area is 234 Å². The van der Waals surface area contributed by atoms with Gasteiger partial charge in [0.25, 0.3) is 5.91 Å². The van der Waals surface area contributed by atoms with Crippen LogP contribution < -0.4 is 10.6 Å². The molecule has 3 N–H and O–H groups in total. The predicted molar refractivity (Wildman–Crippen MR) is 145 cm³/mol. The van der Waals surface area contributed by atoms with Crippen LogP contribution in [0.25, 0.3) is 11.5 Å². The second-order valence-electron chi connectivity index (χ2n) is 9.48. The van der Waals surface area contributed by atoms with Crippen molar-refractivity contribution in [1.82, 2.24) is 30.0 Å². The molecule has 0 saturated carbocycles. The molecule has 0 fully saturated rings. The molecule has 0 radical (unpaired) electrons. The second kappa shape index (κ2) is 11.1. The molecule has 0 saturated heterocycles. The average Bonchev–Trinajstić information content (AvgIpc) is 3.56. The van der Waals surface area contributed by atoms with E-state index in [1.807, 2.05) is 6.92 Å². The normalized spacial score (nSPS) is 14.6. The number of aliphatic hydroxyl groups excluding tert-OH is 1. The Morgan fingerprint density at radius 3 is 2.80 bits per heavy atom. The van der Waals surface area contributed by atoms with Gasteiger partial charge in [-0.1, -0.05) is 17.7 Å². The molecule has 2 atom stereocenters. The van der Waals surface area contributed by atoms with Gasteiger partial charge in [0.1, 0.15) is 29.1 Å². The number of nitrogens with one attached hydrogen (secondary N) is 2. The molecule has 13 heteroatoms. The number of benzene rings is 1. The molecule has 5 rings (SSSR count). The summed E-state index contributed by atoms with van der Waals surface area (Å²) in [5.74, 6) is 0.544. The van der Waals surface area contributed by atoms with Crippen molar-refractivity contribution in [3.05, 3.63) is 76.0 Å². The van der Waals surface area contributed by atoms with Gasteiger partial charge in [0.2, 0.25) is 11.9 Å². The van der Waals surface area contributed by atoms with Gasteiger partial charge >= 0.3 is 0 Å². The summed E-state index contributed by atoms with van der Waals surface area (Å²) >= 11 is 5.86. The fraction of sp³-hybridized carbons (Fsp3) is 0.296. The SMILES string of the molecule is Cc1cnc(Nc2ccnn2C)nc1-c1cc2c(o1)CCN([C@H](C)C(=O)N[C@H](CO)c1ccc(F)c(Cl)c1)C2=O. The fourth-order valence-corrected chi connectivity index (χ4v) is 4.71. The highest BCUT2D eigenvalue weighted by molar-refractivity contribution is 6.30. The number of fused-ring (bicyclic) bond motifs is 1. The first-order valence-corrected chi connectivity index (χ1v) is 12.9. The highest BCUT2D eigenvalue weighted by Gasteiger charge is 2.35. The molecule has 2 amide bonds. The Kier molecular flexibility index (Phi) is 7.55. The number of rotatable bonds is 8. The van der Waals surface area contributed by atoms with E-state index in [2.05, 4.69) is 25.7 Å². The molecule has 1 aromatic carbocycles. The van der Waals surface area contributed by atoms with Crippen LogP contribution in [0.4, 0.5) is 16.2 Å². The minimum atomic E-state index is -0.848. The van der Waals surface area contributed by atoms with Gasteiger partial charge in [-0.2, -0.15) is 5.10 Å². The minimum Gasteiger partial charge on any atom is -0.459 e. The Morgan fingerprint density at radius 1 is 1.30 bits per heavy atom. The maximum Gasteiger partial charge on any atom is 0.258 e. The monoisotopic (exact) mass is 567 g/mol. The van der Waals surface area contributed by atoms with Gasteiger partial charge in [-0.25, -0.2) is 14.4 Å². The number of halogens is 2. The minimum absolute atomic E-state index is 0.119. The number of carbonyl (C=O) groups is 2. The van der Waals surface area contributed by atoms with Gasteiger partial charge in [-0.3, -0.25) is 14.3 Å². The molecule has 1 aliphatic heterocycles. The Bertz CT molecular complexity index is 1590. The number of nitrogens with zero attached hydrogens (tertiary/aromatic N) is 5. The standard InChI is InChI=1S/C27H27ClFN7O4/c1-14-12-30-27(33-23-6-8-31-35(23)3)34-24(14)22-11-17-21(40-22)7-9-36(26(17)39)15(2)25(38)32-20(13-37)16-4-5-19(29)18(28)10-16/h4-6,8,10-12,15,20,37H,7,9,13H2,1-3H3,(H,32,38)(H,30,33,34)/t15-,20-/m1/s1. The number of hydrogen-bond donors (Lipinski definition) is 3. The number of carbonyl (C=O) groups excluding carboxylic acids is 2. The molecule has 0 bridgehead atoms. The molecule has 1 aliphatic rings. The van der Waals surface area contributed by atoms with E-state index in [0.717, 1.165) is 5.56 Å². The maximum atomic E-state index is 13.6. The number of anilines is 2. The van der Waals surface area contributed by atoms with Crippen LogP contribution >= 0.6 is 11.6 Å². The summed E-state index contributed by atoms with van der Waals surface area (Å²) in [6.45, 7) is 3.28. The van der Waals surface area contributed by atoms with Crippen LogP contribution in [-0.2, 0) is 18.3 Å². The third kappa shape index (κ3) is 5.27. The smallest absolute Gasteiger partial charge is 0.258 e. The fourth-order valence-electron chi connectivity index (χ4n) is 4.52. The van der Waals surface area contributed by atoms with Crippen LogP contribution in [0.3, 0.4) is 0 Å². The summed E-state index contributed by atoms with van der Waals surface area (Å²) in [4.78, 5) is 36.9. The first-order chi connectivity index (χ1) is 19.2. The van der Waals surface area contributed by atoms with Crippen LogP contribution in [-0.4, -0.2) is 60.8 Å². The number of aliphatic hydroxyl groups is 1. The van der Waals surface area contributed by atoms with Crippen LogP contribution in [0, 0.1) is 12.7 Å². The molecular weight excluding hydrogens is 541 g/mol. The van der Waals surface area contributed by atoms with Gasteiger partial charge in [0.05, 0.1) is 29.4 Å². The van der Waals surface area contributed by atoms with Crippen molar-refractivity contribution in [2.24, 2.45) is 7.05 Å². The van der Waals surface area contributed by atoms with Crippen LogP contribution in [0.5, 0.6) is 0 Å². The van der Waals surface area contributed by atoms with Crippen molar-refractivity contribution in [3.8, 4) is 11.5 Å². The molecule has 0 spiro atoms. The van der Waals surface area contributed by atoms with E-state index in [4.69, 9.17) is 16.0 Å².